The number of carbonyl (C=O) groups excluding carboxylic acids is 2. The van der Waals surface area contributed by atoms with Crippen LogP contribution in [0.2, 0.25) is 0 Å². The van der Waals surface area contributed by atoms with E-state index in [1.807, 2.05) is 0 Å². The van der Waals surface area contributed by atoms with Gasteiger partial charge in [0.15, 0.2) is 0 Å². The highest BCUT2D eigenvalue weighted by atomic mass is 16.5. The molecule has 0 aromatic heterocycles. The van der Waals surface area contributed by atoms with E-state index in [0.717, 1.165) is 24.8 Å². The number of carboxylic acid groups (broad SMARTS) is 1. The van der Waals surface area contributed by atoms with Crippen molar-refractivity contribution in [3.8, 4) is 0 Å². The van der Waals surface area contributed by atoms with Crippen LogP contribution in [0.1, 0.15) is 100 Å². The van der Waals surface area contributed by atoms with Crippen molar-refractivity contribution in [1.82, 2.24) is 0 Å². The second-order valence-corrected chi connectivity index (χ2v) is 14.1. The minimum Gasteiger partial charge on any atom is -0.481 e. The van der Waals surface area contributed by atoms with Gasteiger partial charge in [-0.1, -0.05) is 72.8 Å². The lowest BCUT2D eigenvalue weighted by atomic mass is 9.44. The molecule has 0 aromatic carbocycles. The maximum Gasteiger partial charge on any atom is 0.306 e. The molecule has 5 heteroatoms. The highest BCUT2D eigenvalue weighted by molar-refractivity contribution is 5.86. The topological polar surface area (TPSA) is 80.7 Å². The molecule has 210 valence electrons. The van der Waals surface area contributed by atoms with Gasteiger partial charge in [-0.05, 0) is 78.3 Å². The quantitative estimate of drug-likeness (QED) is 0.279. The normalized spacial score (nSPS) is 38.3. The molecule has 4 rings (SSSR count). The molecule has 2 fully saturated rings. The van der Waals surface area contributed by atoms with Gasteiger partial charge in [0.1, 0.15) is 11.9 Å². The van der Waals surface area contributed by atoms with Crippen LogP contribution in [0.3, 0.4) is 0 Å². The zero-order valence-corrected chi connectivity index (χ0v) is 24.8. The summed E-state index contributed by atoms with van der Waals surface area (Å²) in [5, 5.41) is 10.5. The van der Waals surface area contributed by atoms with Gasteiger partial charge in [0.2, 0.25) is 0 Å². The van der Waals surface area contributed by atoms with Crippen LogP contribution in [-0.4, -0.2) is 28.9 Å². The number of hydrogen-bond acceptors (Lipinski definition) is 4. The molecule has 0 saturated heterocycles. The number of hydrogen-bond donors (Lipinski definition) is 1. The van der Waals surface area contributed by atoms with Gasteiger partial charge in [0, 0.05) is 24.2 Å². The molecule has 1 N–H and O–H groups in total. The summed E-state index contributed by atoms with van der Waals surface area (Å²) < 4.78 is 6.08. The fourth-order valence-corrected chi connectivity index (χ4v) is 8.96. The molecule has 0 aliphatic heterocycles. The summed E-state index contributed by atoms with van der Waals surface area (Å²) in [5.74, 6) is -0.888. The number of allylic oxidation sites excluding steroid dienone is 4. The van der Waals surface area contributed by atoms with E-state index in [9.17, 15) is 19.5 Å². The third kappa shape index (κ3) is 4.05. The Morgan fingerprint density at radius 1 is 1.13 bits per heavy atom. The van der Waals surface area contributed by atoms with Crippen molar-refractivity contribution in [3.63, 3.8) is 0 Å². The minimum atomic E-state index is -0.773. The molecule has 0 bridgehead atoms. The van der Waals surface area contributed by atoms with Crippen molar-refractivity contribution < 1.29 is 24.2 Å². The Morgan fingerprint density at radius 2 is 1.79 bits per heavy atom. The van der Waals surface area contributed by atoms with E-state index >= 15 is 0 Å². The Hall–Kier alpha value is -2.17. The molecule has 0 spiro atoms. The van der Waals surface area contributed by atoms with E-state index in [2.05, 4.69) is 67.2 Å². The highest BCUT2D eigenvalue weighted by Gasteiger charge is 2.68. The fraction of sp³-hybridized carbons (Fsp3) is 0.727. The van der Waals surface area contributed by atoms with Gasteiger partial charge in [0.25, 0.3) is 0 Å². The van der Waals surface area contributed by atoms with Crippen LogP contribution in [0.15, 0.2) is 35.5 Å². The predicted molar refractivity (Wildman–Crippen MR) is 149 cm³/mol. The van der Waals surface area contributed by atoms with Gasteiger partial charge in [-0.15, -0.1) is 0 Å². The van der Waals surface area contributed by atoms with Crippen LogP contribution in [0, 0.1) is 45.3 Å². The summed E-state index contributed by atoms with van der Waals surface area (Å²) in [6.07, 6.45) is 9.00. The number of esters is 1. The molecule has 38 heavy (non-hydrogen) atoms. The first kappa shape index (κ1) is 28.8. The fourth-order valence-electron chi connectivity index (χ4n) is 8.96. The largest absolute Gasteiger partial charge is 0.481 e. The van der Waals surface area contributed by atoms with Crippen molar-refractivity contribution in [3.05, 3.63) is 35.5 Å². The first-order valence-corrected chi connectivity index (χ1v) is 14.5. The summed E-state index contributed by atoms with van der Waals surface area (Å²) in [7, 11) is 0. The molecule has 4 aliphatic rings. The van der Waals surface area contributed by atoms with Crippen LogP contribution in [0.25, 0.3) is 0 Å². The van der Waals surface area contributed by atoms with Gasteiger partial charge in [0.05, 0.1) is 5.92 Å². The Kier molecular flexibility index (Phi) is 7.20. The molecule has 2 saturated carbocycles. The van der Waals surface area contributed by atoms with E-state index in [0.29, 0.717) is 37.4 Å². The zero-order valence-electron chi connectivity index (χ0n) is 24.8. The maximum absolute atomic E-state index is 12.9. The van der Waals surface area contributed by atoms with Crippen molar-refractivity contribution in [2.45, 2.75) is 106 Å². The molecule has 0 aromatic rings. The molecule has 0 heterocycles. The van der Waals surface area contributed by atoms with Gasteiger partial charge in [-0.3, -0.25) is 14.4 Å². The second-order valence-electron chi connectivity index (χ2n) is 14.1. The average Bonchev–Trinajstić information content (AvgIpc) is 3.03. The van der Waals surface area contributed by atoms with Crippen LogP contribution >= 0.6 is 0 Å². The van der Waals surface area contributed by atoms with Gasteiger partial charge < -0.3 is 9.84 Å². The van der Waals surface area contributed by atoms with Gasteiger partial charge in [-0.2, -0.15) is 0 Å². The summed E-state index contributed by atoms with van der Waals surface area (Å²) in [6, 6.07) is 0. The first-order chi connectivity index (χ1) is 17.5. The average molecular weight is 525 g/mol. The maximum atomic E-state index is 12.9. The molecule has 4 aliphatic carbocycles. The molecule has 0 amide bonds. The number of aliphatic carboxylic acids is 1. The predicted octanol–water partition coefficient (Wildman–Crippen LogP) is 7.32. The summed E-state index contributed by atoms with van der Waals surface area (Å²) in [4.78, 5) is 38.0. The van der Waals surface area contributed by atoms with E-state index in [-0.39, 0.29) is 28.6 Å². The number of carboxylic acids is 1. The smallest absolute Gasteiger partial charge is 0.306 e. The van der Waals surface area contributed by atoms with Crippen LogP contribution in [0.5, 0.6) is 0 Å². The second kappa shape index (κ2) is 9.48. The SMILES string of the molecule is C=C(CC[C@@H](C(=O)O)[C@H]1C[C@H](OC(C)=O)[C@@]2(C)C3=CC[C@H]4C(C)(C)C(=O)CC[C@]4(C)C3=CC[C@]12C)C(C)C. The number of carbonyl (C=O) groups is 3. The van der Waals surface area contributed by atoms with Crippen LogP contribution < -0.4 is 0 Å². The molecule has 0 unspecified atom stereocenters. The van der Waals surface area contributed by atoms with Crippen molar-refractivity contribution in [2.24, 2.45) is 45.3 Å². The van der Waals surface area contributed by atoms with Crippen molar-refractivity contribution in [2.75, 3.05) is 0 Å². The number of ether oxygens (including phenoxy) is 1. The molecule has 0 radical (unpaired) electrons. The molecule has 5 nitrogen and oxygen atoms in total. The number of rotatable bonds is 7. The minimum absolute atomic E-state index is 0.133. The van der Waals surface area contributed by atoms with E-state index in [4.69, 9.17) is 4.74 Å². The van der Waals surface area contributed by atoms with E-state index < -0.39 is 28.8 Å². The molecular formula is C33H48O5. The van der Waals surface area contributed by atoms with E-state index in [1.165, 1.54) is 18.1 Å². The summed E-state index contributed by atoms with van der Waals surface area (Å²) >= 11 is 0. The number of ketones is 1. The lowest BCUT2D eigenvalue weighted by Crippen LogP contribution is -2.55. The summed E-state index contributed by atoms with van der Waals surface area (Å²) in [6.45, 7) is 20.8. The standard InChI is InChI=1S/C33H48O5/c1-19(2)20(3)10-11-22(29(36)37)25-18-28(38-21(4)34)33(9)24-12-13-26-30(5,6)27(35)15-16-31(26,7)23(24)14-17-32(25,33)8/h12,14,19,22,25-26,28H,3,10-11,13,15-18H2,1-2,4-9H3,(H,36,37)/t22-,25-,26+,28+,31-,32-,33-/m1/s1. The third-order valence-corrected chi connectivity index (χ3v) is 11.8. The van der Waals surface area contributed by atoms with Crippen molar-refractivity contribution in [1.29, 1.82) is 0 Å². The van der Waals surface area contributed by atoms with Crippen molar-refractivity contribution >= 4 is 17.7 Å². The lowest BCUT2D eigenvalue weighted by molar-refractivity contribution is -0.153. The summed E-state index contributed by atoms with van der Waals surface area (Å²) in [5.41, 5.74) is 2.19. The Bertz CT molecular complexity index is 1110. The Labute approximate surface area is 229 Å². The monoisotopic (exact) mass is 524 g/mol. The zero-order chi connectivity index (χ0) is 28.4. The van der Waals surface area contributed by atoms with Gasteiger partial charge >= 0.3 is 11.9 Å². The van der Waals surface area contributed by atoms with E-state index in [1.54, 1.807) is 0 Å². The highest BCUT2D eigenvalue weighted by Crippen LogP contribution is 2.72. The molecular weight excluding hydrogens is 476 g/mol. The van der Waals surface area contributed by atoms with Gasteiger partial charge in [-0.25, -0.2) is 0 Å². The third-order valence-electron chi connectivity index (χ3n) is 11.8. The Morgan fingerprint density at radius 3 is 2.37 bits per heavy atom. The molecule has 7 atom stereocenters. The Balaban J connectivity index is 1.80. The first-order valence-electron chi connectivity index (χ1n) is 14.5. The van der Waals surface area contributed by atoms with Crippen LogP contribution in [0.4, 0.5) is 0 Å². The number of fused-ring (bicyclic) bond motifs is 5. The number of Topliss-reactive ketones (excluding diaryl/α,β-unsaturated/α-hetero) is 1. The lowest BCUT2D eigenvalue weighted by Gasteiger charge is -2.60. The van der Waals surface area contributed by atoms with Crippen LogP contribution in [-0.2, 0) is 19.1 Å².